The summed E-state index contributed by atoms with van der Waals surface area (Å²) in [5.74, 6) is 1.48. The number of rotatable bonds is 6. The highest BCUT2D eigenvalue weighted by atomic mass is 16.5. The number of nitrogens with one attached hydrogen (secondary N) is 1. The molecule has 4 rings (SSSR count). The number of ether oxygens (including phenoxy) is 2. The number of carbonyl (C=O) groups is 2. The minimum Gasteiger partial charge on any atom is -0.497 e. The number of piperidine rings is 1. The van der Waals surface area contributed by atoms with Crippen LogP contribution in [-0.2, 0) is 0 Å². The number of likely N-dealkylation sites (tertiary alicyclic amines) is 1. The fourth-order valence-corrected chi connectivity index (χ4v) is 3.56. The molecule has 1 aromatic carbocycles. The second kappa shape index (κ2) is 8.95. The molecule has 0 unspecified atom stereocenters. The third-order valence-corrected chi connectivity index (χ3v) is 5.26. The zero-order valence-corrected chi connectivity index (χ0v) is 17.3. The molecule has 0 radical (unpaired) electrons. The van der Waals surface area contributed by atoms with Gasteiger partial charge < -0.3 is 28.6 Å². The summed E-state index contributed by atoms with van der Waals surface area (Å²) < 4.78 is 21.2. The van der Waals surface area contributed by atoms with E-state index in [1.807, 2.05) is 0 Å². The number of amides is 2. The Morgan fingerprint density at radius 3 is 2.61 bits per heavy atom. The van der Waals surface area contributed by atoms with Crippen LogP contribution in [0.3, 0.4) is 0 Å². The second-order valence-corrected chi connectivity index (χ2v) is 7.16. The summed E-state index contributed by atoms with van der Waals surface area (Å²) in [6, 6.07) is 10.1. The molecule has 2 amide bonds. The van der Waals surface area contributed by atoms with Gasteiger partial charge in [0.1, 0.15) is 11.5 Å². The van der Waals surface area contributed by atoms with E-state index >= 15 is 0 Å². The summed E-state index contributed by atoms with van der Waals surface area (Å²) in [6.45, 7) is 1.07. The number of furan rings is 1. The summed E-state index contributed by atoms with van der Waals surface area (Å²) >= 11 is 0. The number of methoxy groups -OCH3 is 2. The average molecular weight is 425 g/mol. The van der Waals surface area contributed by atoms with E-state index in [0.29, 0.717) is 54.5 Å². The van der Waals surface area contributed by atoms with Crippen molar-refractivity contribution in [1.82, 2.24) is 15.4 Å². The summed E-state index contributed by atoms with van der Waals surface area (Å²) in [5.41, 5.74) is 0.812. The van der Waals surface area contributed by atoms with Crippen LogP contribution in [0.25, 0.3) is 11.3 Å². The molecule has 1 N–H and O–H groups in total. The Morgan fingerprint density at radius 2 is 1.94 bits per heavy atom. The molecule has 1 fully saturated rings. The van der Waals surface area contributed by atoms with Crippen molar-refractivity contribution in [1.29, 1.82) is 0 Å². The van der Waals surface area contributed by atoms with E-state index in [2.05, 4.69) is 10.5 Å². The molecule has 9 heteroatoms. The first-order chi connectivity index (χ1) is 15.1. The Labute approximate surface area is 178 Å². The summed E-state index contributed by atoms with van der Waals surface area (Å²) in [4.78, 5) is 26.7. The summed E-state index contributed by atoms with van der Waals surface area (Å²) in [6.07, 6.45) is 2.77. The summed E-state index contributed by atoms with van der Waals surface area (Å²) in [7, 11) is 3.12. The fraction of sp³-hybridized carbons (Fsp3) is 0.318. The first kappa shape index (κ1) is 20.5. The van der Waals surface area contributed by atoms with E-state index in [1.54, 1.807) is 55.5 Å². The molecule has 2 aromatic heterocycles. The van der Waals surface area contributed by atoms with Gasteiger partial charge in [-0.15, -0.1) is 0 Å². The highest BCUT2D eigenvalue weighted by Crippen LogP contribution is 2.33. The lowest BCUT2D eigenvalue weighted by Gasteiger charge is -2.31. The van der Waals surface area contributed by atoms with Crippen LogP contribution in [-0.4, -0.2) is 55.2 Å². The Kier molecular flexibility index (Phi) is 5.92. The standard InChI is InChI=1S/C22H23N3O6/c1-28-15-5-6-18(29-2)16(12-15)20-13-17(24-31-20)21(26)23-14-7-9-25(10-8-14)22(27)19-4-3-11-30-19/h3-6,11-14H,7-10H2,1-2H3,(H,23,26). The van der Waals surface area contributed by atoms with Crippen LogP contribution in [0.2, 0.25) is 0 Å². The summed E-state index contributed by atoms with van der Waals surface area (Å²) in [5, 5.41) is 6.87. The molecule has 0 aliphatic carbocycles. The minimum atomic E-state index is -0.326. The molecule has 0 saturated carbocycles. The van der Waals surface area contributed by atoms with Gasteiger partial charge in [0, 0.05) is 25.2 Å². The molecule has 1 aliphatic rings. The normalized spacial score (nSPS) is 14.3. The van der Waals surface area contributed by atoms with E-state index in [0.717, 1.165) is 0 Å². The van der Waals surface area contributed by atoms with Gasteiger partial charge in [-0.1, -0.05) is 5.16 Å². The van der Waals surface area contributed by atoms with E-state index in [-0.39, 0.29) is 23.6 Å². The SMILES string of the molecule is COc1ccc(OC)c(-c2cc(C(=O)NC3CCN(C(=O)c4ccco4)CC3)no2)c1. The molecule has 31 heavy (non-hydrogen) atoms. The fourth-order valence-electron chi connectivity index (χ4n) is 3.56. The molecule has 162 valence electrons. The molecule has 0 bridgehead atoms. The Hall–Kier alpha value is -3.75. The van der Waals surface area contributed by atoms with Gasteiger partial charge in [-0.3, -0.25) is 9.59 Å². The van der Waals surface area contributed by atoms with Gasteiger partial charge in [-0.25, -0.2) is 0 Å². The van der Waals surface area contributed by atoms with Crippen LogP contribution < -0.4 is 14.8 Å². The van der Waals surface area contributed by atoms with Crippen molar-refractivity contribution in [2.45, 2.75) is 18.9 Å². The lowest BCUT2D eigenvalue weighted by atomic mass is 10.0. The van der Waals surface area contributed by atoms with Crippen LogP contribution >= 0.6 is 0 Å². The number of nitrogens with zero attached hydrogens (tertiary/aromatic N) is 2. The molecule has 1 aliphatic heterocycles. The number of carbonyl (C=O) groups excluding carboxylic acids is 2. The van der Waals surface area contributed by atoms with Crippen molar-refractivity contribution >= 4 is 11.8 Å². The molecule has 3 heterocycles. The van der Waals surface area contributed by atoms with Gasteiger partial charge in [-0.05, 0) is 43.2 Å². The zero-order chi connectivity index (χ0) is 21.8. The minimum absolute atomic E-state index is 0.0559. The Balaban J connectivity index is 1.38. The Bertz CT molecular complexity index is 1050. The van der Waals surface area contributed by atoms with Gasteiger partial charge >= 0.3 is 0 Å². The first-order valence-electron chi connectivity index (χ1n) is 9.92. The van der Waals surface area contributed by atoms with Crippen molar-refractivity contribution in [2.24, 2.45) is 0 Å². The van der Waals surface area contributed by atoms with Crippen molar-refractivity contribution in [3.8, 4) is 22.8 Å². The number of hydrogen-bond acceptors (Lipinski definition) is 7. The van der Waals surface area contributed by atoms with Crippen LogP contribution in [0.1, 0.15) is 33.9 Å². The van der Waals surface area contributed by atoms with Crippen LogP contribution in [0, 0.1) is 0 Å². The molecular weight excluding hydrogens is 402 g/mol. The molecule has 0 spiro atoms. The van der Waals surface area contributed by atoms with Gasteiger partial charge in [0.2, 0.25) is 0 Å². The largest absolute Gasteiger partial charge is 0.497 e. The van der Waals surface area contributed by atoms with Gasteiger partial charge in [0.15, 0.2) is 17.2 Å². The first-order valence-corrected chi connectivity index (χ1v) is 9.92. The van der Waals surface area contributed by atoms with E-state index in [9.17, 15) is 9.59 Å². The van der Waals surface area contributed by atoms with Crippen LogP contribution in [0.4, 0.5) is 0 Å². The monoisotopic (exact) mass is 425 g/mol. The molecule has 9 nitrogen and oxygen atoms in total. The zero-order valence-electron chi connectivity index (χ0n) is 17.3. The third-order valence-electron chi connectivity index (χ3n) is 5.26. The third kappa shape index (κ3) is 4.40. The van der Waals surface area contributed by atoms with Crippen LogP contribution in [0.5, 0.6) is 11.5 Å². The smallest absolute Gasteiger partial charge is 0.289 e. The maximum absolute atomic E-state index is 12.7. The van der Waals surface area contributed by atoms with Crippen molar-refractivity contribution in [2.75, 3.05) is 27.3 Å². The quantitative estimate of drug-likeness (QED) is 0.647. The second-order valence-electron chi connectivity index (χ2n) is 7.16. The lowest BCUT2D eigenvalue weighted by molar-refractivity contribution is 0.0667. The predicted molar refractivity (Wildman–Crippen MR) is 110 cm³/mol. The number of benzene rings is 1. The Morgan fingerprint density at radius 1 is 1.13 bits per heavy atom. The van der Waals surface area contributed by atoms with Crippen molar-refractivity contribution < 1.29 is 28.0 Å². The number of aromatic nitrogens is 1. The lowest BCUT2D eigenvalue weighted by Crippen LogP contribution is -2.46. The van der Waals surface area contributed by atoms with Gasteiger partial charge in [0.25, 0.3) is 11.8 Å². The highest BCUT2D eigenvalue weighted by Gasteiger charge is 2.27. The average Bonchev–Trinajstić information content (AvgIpc) is 3.51. The van der Waals surface area contributed by atoms with E-state index in [4.69, 9.17) is 18.4 Å². The predicted octanol–water partition coefficient (Wildman–Crippen LogP) is 2.99. The van der Waals surface area contributed by atoms with Crippen LogP contribution in [0.15, 0.2) is 51.6 Å². The topological polar surface area (TPSA) is 107 Å². The van der Waals surface area contributed by atoms with Gasteiger partial charge in [0.05, 0.1) is 26.0 Å². The molecule has 1 saturated heterocycles. The molecular formula is C22H23N3O6. The highest BCUT2D eigenvalue weighted by molar-refractivity contribution is 5.93. The van der Waals surface area contributed by atoms with Crippen molar-refractivity contribution in [3.05, 3.63) is 54.1 Å². The van der Waals surface area contributed by atoms with E-state index < -0.39 is 0 Å². The van der Waals surface area contributed by atoms with E-state index in [1.165, 1.54) is 6.26 Å². The van der Waals surface area contributed by atoms with Crippen molar-refractivity contribution in [3.63, 3.8) is 0 Å². The number of hydrogen-bond donors (Lipinski definition) is 1. The van der Waals surface area contributed by atoms with Gasteiger partial charge in [-0.2, -0.15) is 0 Å². The molecule has 0 atom stereocenters. The molecule has 3 aromatic rings. The maximum Gasteiger partial charge on any atom is 0.289 e. The maximum atomic E-state index is 12.7.